The summed E-state index contributed by atoms with van der Waals surface area (Å²) in [6.07, 6.45) is 0.711. The Morgan fingerprint density at radius 1 is 1.30 bits per heavy atom. The number of hydrogen-bond acceptors (Lipinski definition) is 4. The largest absolute Gasteiger partial charge is 0.477 e. The quantitative estimate of drug-likeness (QED) is 0.727. The fourth-order valence-electron chi connectivity index (χ4n) is 2.83. The third-order valence-corrected chi connectivity index (χ3v) is 3.72. The van der Waals surface area contributed by atoms with Gasteiger partial charge in [-0.05, 0) is 12.5 Å². The number of nitrogens with one attached hydrogen (secondary N) is 2. The van der Waals surface area contributed by atoms with Gasteiger partial charge >= 0.3 is 5.97 Å². The van der Waals surface area contributed by atoms with Crippen LogP contribution in [-0.4, -0.2) is 34.2 Å². The first-order chi connectivity index (χ1) is 9.58. The van der Waals surface area contributed by atoms with E-state index in [4.69, 9.17) is 5.11 Å². The van der Waals surface area contributed by atoms with Gasteiger partial charge in [-0.3, -0.25) is 9.80 Å². The van der Waals surface area contributed by atoms with Gasteiger partial charge in [0.25, 0.3) is 5.91 Å². The topological polar surface area (TPSA) is 81.7 Å². The van der Waals surface area contributed by atoms with Gasteiger partial charge in [-0.1, -0.05) is 30.3 Å². The molecule has 0 saturated carbocycles. The molecule has 104 valence electrons. The molecule has 0 aromatic heterocycles. The van der Waals surface area contributed by atoms with Gasteiger partial charge in [0, 0.05) is 18.0 Å². The van der Waals surface area contributed by atoms with Gasteiger partial charge in [-0.15, -0.1) is 0 Å². The second-order valence-corrected chi connectivity index (χ2v) is 5.01. The monoisotopic (exact) mass is 273 g/mol. The standard InChI is InChI=1S/C14H15N3O3/c1-8-12(9-5-3-2-4-6-9)13-15-10(14(19)20)7-11(18)17(13)16-8/h2-8,12-13,15-16H,1H3,(H,19,20). The first-order valence-corrected chi connectivity index (χ1v) is 6.44. The molecule has 1 aromatic rings. The number of benzene rings is 1. The van der Waals surface area contributed by atoms with Crippen molar-refractivity contribution in [2.45, 2.75) is 25.0 Å². The van der Waals surface area contributed by atoms with Crippen LogP contribution in [-0.2, 0) is 9.59 Å². The van der Waals surface area contributed by atoms with E-state index in [-0.39, 0.29) is 23.6 Å². The van der Waals surface area contributed by atoms with Crippen LogP contribution < -0.4 is 10.7 Å². The maximum absolute atomic E-state index is 12.0. The number of carbonyl (C=O) groups is 2. The molecule has 1 fully saturated rings. The maximum Gasteiger partial charge on any atom is 0.352 e. The van der Waals surface area contributed by atoms with E-state index in [0.717, 1.165) is 11.6 Å². The molecular weight excluding hydrogens is 258 g/mol. The molecule has 3 atom stereocenters. The van der Waals surface area contributed by atoms with Crippen LogP contribution in [0.5, 0.6) is 0 Å². The smallest absolute Gasteiger partial charge is 0.352 e. The number of hydrazine groups is 1. The van der Waals surface area contributed by atoms with Gasteiger partial charge in [0.15, 0.2) is 0 Å². The van der Waals surface area contributed by atoms with Crippen LogP contribution in [0.25, 0.3) is 0 Å². The zero-order valence-electron chi connectivity index (χ0n) is 10.9. The van der Waals surface area contributed by atoms with Gasteiger partial charge in [0.1, 0.15) is 11.9 Å². The summed E-state index contributed by atoms with van der Waals surface area (Å²) in [5, 5.41) is 13.5. The Labute approximate surface area is 116 Å². The van der Waals surface area contributed by atoms with Gasteiger partial charge in [-0.2, -0.15) is 0 Å². The third-order valence-electron chi connectivity index (χ3n) is 3.72. The number of aliphatic carboxylic acids is 1. The zero-order chi connectivity index (χ0) is 14.3. The van der Waals surface area contributed by atoms with E-state index < -0.39 is 12.1 Å². The fraction of sp³-hybridized carbons (Fsp3) is 0.286. The lowest BCUT2D eigenvalue weighted by Gasteiger charge is -2.31. The highest BCUT2D eigenvalue weighted by molar-refractivity contribution is 5.98. The molecule has 3 N–H and O–H groups in total. The first-order valence-electron chi connectivity index (χ1n) is 6.44. The summed E-state index contributed by atoms with van der Waals surface area (Å²) >= 11 is 0. The Hall–Kier alpha value is -2.34. The van der Waals surface area contributed by atoms with Gasteiger partial charge in [-0.25, -0.2) is 10.2 Å². The van der Waals surface area contributed by atoms with Gasteiger partial charge in [0.05, 0.1) is 0 Å². The fourth-order valence-corrected chi connectivity index (χ4v) is 2.83. The van der Waals surface area contributed by atoms with Crippen LogP contribution in [0.4, 0.5) is 0 Å². The van der Waals surface area contributed by atoms with Crippen molar-refractivity contribution >= 4 is 11.9 Å². The number of rotatable bonds is 2. The average Bonchev–Trinajstić information content (AvgIpc) is 2.76. The molecule has 0 bridgehead atoms. The molecule has 3 unspecified atom stereocenters. The van der Waals surface area contributed by atoms with Crippen molar-refractivity contribution in [3.8, 4) is 0 Å². The van der Waals surface area contributed by atoms with E-state index in [1.54, 1.807) is 0 Å². The highest BCUT2D eigenvalue weighted by atomic mass is 16.4. The van der Waals surface area contributed by atoms with Crippen molar-refractivity contribution in [3.63, 3.8) is 0 Å². The van der Waals surface area contributed by atoms with Crippen molar-refractivity contribution in [2.75, 3.05) is 0 Å². The number of nitrogens with zero attached hydrogens (tertiary/aromatic N) is 1. The molecule has 2 heterocycles. The highest BCUT2D eigenvalue weighted by Crippen LogP contribution is 2.32. The minimum absolute atomic E-state index is 0.0109. The van der Waals surface area contributed by atoms with E-state index in [0.29, 0.717) is 0 Å². The van der Waals surface area contributed by atoms with Crippen molar-refractivity contribution < 1.29 is 14.7 Å². The summed E-state index contributed by atoms with van der Waals surface area (Å²) in [5.74, 6) is -1.47. The normalized spacial score (nSPS) is 28.6. The lowest BCUT2D eigenvalue weighted by molar-refractivity contribution is -0.137. The maximum atomic E-state index is 12.0. The molecule has 20 heavy (non-hydrogen) atoms. The summed E-state index contributed by atoms with van der Waals surface area (Å²) in [6.45, 7) is 1.98. The van der Waals surface area contributed by atoms with Crippen LogP contribution >= 0.6 is 0 Å². The number of carboxylic acids is 1. The van der Waals surface area contributed by atoms with E-state index in [1.165, 1.54) is 5.01 Å². The summed E-state index contributed by atoms with van der Waals surface area (Å²) in [4.78, 5) is 23.1. The van der Waals surface area contributed by atoms with Crippen LogP contribution in [0.3, 0.4) is 0 Å². The summed E-state index contributed by atoms with van der Waals surface area (Å²) < 4.78 is 0. The summed E-state index contributed by atoms with van der Waals surface area (Å²) in [7, 11) is 0. The molecule has 6 nitrogen and oxygen atoms in total. The number of amides is 1. The van der Waals surface area contributed by atoms with Crippen molar-refractivity contribution in [3.05, 3.63) is 47.7 Å². The molecule has 0 aliphatic carbocycles. The Morgan fingerprint density at radius 2 is 2.00 bits per heavy atom. The molecule has 1 amide bonds. The van der Waals surface area contributed by atoms with Gasteiger partial charge in [0.2, 0.25) is 0 Å². The molecule has 0 radical (unpaired) electrons. The third kappa shape index (κ3) is 1.94. The van der Waals surface area contributed by atoms with E-state index in [1.807, 2.05) is 37.3 Å². The van der Waals surface area contributed by atoms with Crippen LogP contribution in [0.15, 0.2) is 42.1 Å². The van der Waals surface area contributed by atoms with E-state index in [9.17, 15) is 9.59 Å². The SMILES string of the molecule is CC1NN2C(=O)C=C(C(=O)O)NC2C1c1ccccc1. The Morgan fingerprint density at radius 3 is 2.65 bits per heavy atom. The highest BCUT2D eigenvalue weighted by Gasteiger charge is 2.45. The van der Waals surface area contributed by atoms with Crippen molar-refractivity contribution in [1.29, 1.82) is 0 Å². The second kappa shape index (κ2) is 4.64. The molecule has 3 rings (SSSR count). The number of carboxylic acid groups (broad SMARTS) is 1. The number of fused-ring (bicyclic) bond motifs is 1. The molecule has 2 aliphatic heterocycles. The summed E-state index contributed by atoms with van der Waals surface area (Å²) in [5.41, 5.74) is 4.10. The second-order valence-electron chi connectivity index (χ2n) is 5.01. The number of hydrogen-bond donors (Lipinski definition) is 3. The first kappa shape index (κ1) is 12.7. The van der Waals surface area contributed by atoms with Crippen LogP contribution in [0, 0.1) is 0 Å². The minimum atomic E-state index is -1.12. The zero-order valence-corrected chi connectivity index (χ0v) is 10.9. The predicted octanol–water partition coefficient (Wildman–Crippen LogP) is 0.403. The average molecular weight is 273 g/mol. The number of carbonyl (C=O) groups excluding carboxylic acids is 1. The van der Waals surface area contributed by atoms with E-state index >= 15 is 0 Å². The van der Waals surface area contributed by atoms with Gasteiger partial charge < -0.3 is 10.4 Å². The molecule has 1 saturated heterocycles. The lowest BCUT2D eigenvalue weighted by atomic mass is 9.90. The summed E-state index contributed by atoms with van der Waals surface area (Å²) in [6, 6.07) is 9.79. The Kier molecular flexibility index (Phi) is 2.94. The van der Waals surface area contributed by atoms with Crippen molar-refractivity contribution in [1.82, 2.24) is 15.8 Å². The predicted molar refractivity (Wildman–Crippen MR) is 71.3 cm³/mol. The van der Waals surface area contributed by atoms with E-state index in [2.05, 4.69) is 10.7 Å². The minimum Gasteiger partial charge on any atom is -0.477 e. The molecule has 0 spiro atoms. The lowest BCUT2D eigenvalue weighted by Crippen LogP contribution is -2.53. The Bertz CT molecular complexity index is 585. The molecular formula is C14H15N3O3. The van der Waals surface area contributed by atoms with Crippen LogP contribution in [0.2, 0.25) is 0 Å². The van der Waals surface area contributed by atoms with Crippen molar-refractivity contribution in [2.24, 2.45) is 0 Å². The Balaban J connectivity index is 1.96. The molecule has 2 aliphatic rings. The molecule has 6 heteroatoms. The molecule has 1 aromatic carbocycles. The van der Waals surface area contributed by atoms with Crippen LogP contribution in [0.1, 0.15) is 18.4 Å².